The molecule has 132 valence electrons. The van der Waals surface area contributed by atoms with Crippen molar-refractivity contribution in [1.82, 2.24) is 9.55 Å². The largest absolute Gasteiger partial charge is 0.374 e. The molecule has 0 saturated carbocycles. The molecular weight excluding hydrogens is 376 g/mol. The highest BCUT2D eigenvalue weighted by Crippen LogP contribution is 2.42. The highest BCUT2D eigenvalue weighted by atomic mass is 79.9. The van der Waals surface area contributed by atoms with E-state index in [9.17, 15) is 0 Å². The Bertz CT molecular complexity index is 736. The maximum Gasteiger partial charge on any atom is 0.161 e. The van der Waals surface area contributed by atoms with Gasteiger partial charge in [-0.2, -0.15) is 0 Å². The van der Waals surface area contributed by atoms with Gasteiger partial charge in [0.2, 0.25) is 0 Å². The highest BCUT2D eigenvalue weighted by molar-refractivity contribution is 9.10. The smallest absolute Gasteiger partial charge is 0.161 e. The fourth-order valence-corrected chi connectivity index (χ4v) is 6.11. The van der Waals surface area contributed by atoms with E-state index in [0.29, 0.717) is 17.0 Å². The second-order valence-corrected chi connectivity index (χ2v) is 14.9. The lowest BCUT2D eigenvalue weighted by molar-refractivity contribution is 0.519. The lowest BCUT2D eigenvalue weighted by Gasteiger charge is -2.38. The molecule has 4 heteroatoms. The molecule has 0 radical (unpaired) electrons. The molecule has 2 unspecified atom stereocenters. The average Bonchev–Trinajstić information content (AvgIpc) is 3.12. The number of hydrogen-bond donors (Lipinski definition) is 1. The van der Waals surface area contributed by atoms with Crippen LogP contribution in [0.4, 0.5) is 0 Å². The first-order chi connectivity index (χ1) is 11.1. The molecular formula is C20H31BrN2Si. The van der Waals surface area contributed by atoms with Crippen LogP contribution in [0, 0.1) is 0 Å². The normalized spacial score (nSPS) is 20.7. The van der Waals surface area contributed by atoms with Crippen molar-refractivity contribution >= 4 is 35.1 Å². The second-order valence-electron chi connectivity index (χ2n) is 8.92. The van der Waals surface area contributed by atoms with Crippen LogP contribution in [0.5, 0.6) is 0 Å². The van der Waals surface area contributed by atoms with Crippen molar-refractivity contribution in [1.29, 1.82) is 0 Å². The summed E-state index contributed by atoms with van der Waals surface area (Å²) >= 11 is 3.68. The lowest BCUT2D eigenvalue weighted by atomic mass is 9.92. The van der Waals surface area contributed by atoms with Gasteiger partial charge in [0.05, 0.1) is 0 Å². The van der Waals surface area contributed by atoms with Crippen LogP contribution in [-0.4, -0.2) is 25.1 Å². The van der Waals surface area contributed by atoms with E-state index in [-0.39, 0.29) is 0 Å². The van der Waals surface area contributed by atoms with Gasteiger partial charge in [-0.25, -0.2) is 0 Å². The van der Waals surface area contributed by atoms with E-state index >= 15 is 0 Å². The van der Waals surface area contributed by atoms with E-state index in [0.717, 1.165) is 0 Å². The molecule has 24 heavy (non-hydrogen) atoms. The first-order valence-corrected chi connectivity index (χ1v) is 12.9. The number of nitrogens with one attached hydrogen (secondary N) is 1. The number of halogens is 1. The summed E-state index contributed by atoms with van der Waals surface area (Å²) < 4.78 is 3.83. The quantitative estimate of drug-likeness (QED) is 0.607. The Kier molecular flexibility index (Phi) is 4.78. The summed E-state index contributed by atoms with van der Waals surface area (Å²) in [5, 5.41) is 5.45. The first kappa shape index (κ1) is 18.2. The Balaban J connectivity index is 2.18. The molecule has 0 spiro atoms. The predicted molar refractivity (Wildman–Crippen MR) is 112 cm³/mol. The molecule has 0 aliphatic carbocycles. The van der Waals surface area contributed by atoms with Crippen molar-refractivity contribution in [2.75, 3.05) is 6.54 Å². The Hall–Kier alpha value is -0.583. The van der Waals surface area contributed by atoms with Gasteiger partial charge in [0.1, 0.15) is 0 Å². The van der Waals surface area contributed by atoms with Crippen molar-refractivity contribution in [2.45, 2.75) is 70.6 Å². The maximum absolute atomic E-state index is 3.70. The van der Waals surface area contributed by atoms with Gasteiger partial charge in [0, 0.05) is 21.4 Å². The summed E-state index contributed by atoms with van der Waals surface area (Å²) in [4.78, 5) is 0. The minimum Gasteiger partial charge on any atom is -0.374 e. The predicted octanol–water partition coefficient (Wildman–Crippen LogP) is 6.11. The summed E-state index contributed by atoms with van der Waals surface area (Å²) in [5.74, 6) is 0.551. The number of aromatic nitrogens is 1. The third-order valence-electron chi connectivity index (χ3n) is 6.43. The molecule has 2 aromatic rings. The maximum atomic E-state index is 3.70. The monoisotopic (exact) mass is 406 g/mol. The number of fused-ring (bicyclic) bond motifs is 1. The van der Waals surface area contributed by atoms with Gasteiger partial charge in [-0.1, -0.05) is 56.7 Å². The third kappa shape index (κ3) is 3.01. The van der Waals surface area contributed by atoms with E-state index in [4.69, 9.17) is 0 Å². The van der Waals surface area contributed by atoms with E-state index in [1.165, 1.54) is 40.3 Å². The van der Waals surface area contributed by atoms with Crippen molar-refractivity contribution in [3.8, 4) is 0 Å². The van der Waals surface area contributed by atoms with Crippen LogP contribution in [0.3, 0.4) is 0 Å². The van der Waals surface area contributed by atoms with Gasteiger partial charge in [-0.3, -0.25) is 0 Å². The standard InChI is InChI=1S/C20H31BrN2Si/c1-14(18-8-7-11-22-18)17-13-23(24(5,6)20(2,3)4)19-10-9-15(21)12-16(17)19/h9-10,12-14,18,22H,7-8,11H2,1-6H3. The zero-order chi connectivity index (χ0) is 17.7. The molecule has 3 rings (SSSR count). The average molecular weight is 407 g/mol. The number of benzene rings is 1. The van der Waals surface area contributed by atoms with Gasteiger partial charge in [-0.15, -0.1) is 0 Å². The third-order valence-corrected chi connectivity index (χ3v) is 12.2. The van der Waals surface area contributed by atoms with E-state index in [1.54, 1.807) is 0 Å². The van der Waals surface area contributed by atoms with Crippen LogP contribution >= 0.6 is 15.9 Å². The fourth-order valence-electron chi connectivity index (χ4n) is 3.77. The molecule has 1 aromatic carbocycles. The van der Waals surface area contributed by atoms with Crippen LogP contribution in [0.1, 0.15) is 52.0 Å². The fraction of sp³-hybridized carbons (Fsp3) is 0.600. The van der Waals surface area contributed by atoms with Crippen molar-refractivity contribution < 1.29 is 0 Å². The zero-order valence-electron chi connectivity index (χ0n) is 15.9. The van der Waals surface area contributed by atoms with Crippen LogP contribution < -0.4 is 5.32 Å². The van der Waals surface area contributed by atoms with Crippen LogP contribution in [0.15, 0.2) is 28.9 Å². The topological polar surface area (TPSA) is 17.0 Å². The number of rotatable bonds is 3. The molecule has 1 aromatic heterocycles. The molecule has 2 nitrogen and oxygen atoms in total. The lowest BCUT2D eigenvalue weighted by Crippen LogP contribution is -2.45. The minimum absolute atomic E-state index is 0.318. The SMILES string of the molecule is CC(c1cn([Si](C)(C)C(C)(C)C)c2ccc(Br)cc12)C1CCCN1. The zero-order valence-corrected chi connectivity index (χ0v) is 18.5. The Morgan fingerprint density at radius 1 is 1.29 bits per heavy atom. The summed E-state index contributed by atoms with van der Waals surface area (Å²) in [6.07, 6.45) is 5.08. The van der Waals surface area contributed by atoms with E-state index in [1.807, 2.05) is 0 Å². The Morgan fingerprint density at radius 2 is 2.00 bits per heavy atom. The highest BCUT2D eigenvalue weighted by Gasteiger charge is 2.39. The molecule has 1 saturated heterocycles. The van der Waals surface area contributed by atoms with Crippen molar-refractivity contribution in [2.24, 2.45) is 0 Å². The van der Waals surface area contributed by atoms with Gasteiger partial charge < -0.3 is 9.55 Å². The molecule has 1 N–H and O–H groups in total. The van der Waals surface area contributed by atoms with E-state index < -0.39 is 8.24 Å². The molecule has 0 bridgehead atoms. The summed E-state index contributed by atoms with van der Waals surface area (Å²) in [6.45, 7) is 15.7. The van der Waals surface area contributed by atoms with Crippen molar-refractivity contribution in [3.63, 3.8) is 0 Å². The first-order valence-electron chi connectivity index (χ1n) is 9.17. The van der Waals surface area contributed by atoms with Gasteiger partial charge in [0.25, 0.3) is 0 Å². The number of hydrogen-bond acceptors (Lipinski definition) is 1. The Morgan fingerprint density at radius 3 is 2.58 bits per heavy atom. The molecule has 1 aliphatic rings. The summed E-state index contributed by atoms with van der Waals surface area (Å²) in [6, 6.07) is 7.43. The van der Waals surface area contributed by atoms with Gasteiger partial charge in [0.15, 0.2) is 8.24 Å². The molecule has 2 heterocycles. The van der Waals surface area contributed by atoms with Crippen LogP contribution in [0.2, 0.25) is 18.1 Å². The van der Waals surface area contributed by atoms with Crippen LogP contribution in [-0.2, 0) is 0 Å². The molecule has 1 fully saturated rings. The van der Waals surface area contributed by atoms with Crippen molar-refractivity contribution in [3.05, 3.63) is 34.4 Å². The second kappa shape index (κ2) is 6.29. The van der Waals surface area contributed by atoms with Gasteiger partial charge in [-0.05, 0) is 60.3 Å². The molecule has 2 atom stereocenters. The van der Waals surface area contributed by atoms with Crippen LogP contribution in [0.25, 0.3) is 10.9 Å². The summed E-state index contributed by atoms with van der Waals surface area (Å²) in [5.41, 5.74) is 2.92. The number of nitrogens with zero attached hydrogens (tertiary/aromatic N) is 1. The molecule has 0 amide bonds. The van der Waals surface area contributed by atoms with Gasteiger partial charge >= 0.3 is 0 Å². The summed E-state index contributed by atoms with van der Waals surface area (Å²) in [7, 11) is -1.65. The Labute approximate surface area is 156 Å². The molecule has 1 aliphatic heterocycles. The minimum atomic E-state index is -1.65. The van der Waals surface area contributed by atoms with E-state index in [2.05, 4.69) is 90.7 Å².